The van der Waals surface area contributed by atoms with Gasteiger partial charge in [0.2, 0.25) is 0 Å². The van der Waals surface area contributed by atoms with E-state index in [1.165, 1.54) is 10.9 Å². The average molecular weight is 352 g/mol. The molecule has 7 heteroatoms. The third-order valence-electron chi connectivity index (χ3n) is 4.59. The summed E-state index contributed by atoms with van der Waals surface area (Å²) in [4.78, 5) is 16.9. The van der Waals surface area contributed by atoms with E-state index in [1.54, 1.807) is 12.1 Å². The Morgan fingerprint density at radius 2 is 2.29 bits per heavy atom. The molecule has 0 spiro atoms. The van der Waals surface area contributed by atoms with Crippen LogP contribution in [0, 0.1) is 6.92 Å². The van der Waals surface area contributed by atoms with Crippen LogP contribution in [-0.4, -0.2) is 44.6 Å². The van der Waals surface area contributed by atoms with E-state index in [0.717, 1.165) is 24.9 Å². The van der Waals surface area contributed by atoms with Crippen molar-refractivity contribution in [2.24, 2.45) is 0 Å². The van der Waals surface area contributed by atoms with Gasteiger partial charge in [-0.25, -0.2) is 4.98 Å². The molecule has 6 nitrogen and oxygen atoms in total. The average Bonchev–Trinajstić information content (AvgIpc) is 2.54. The molecule has 1 aromatic heterocycles. The molecule has 1 aliphatic heterocycles. The summed E-state index contributed by atoms with van der Waals surface area (Å²) in [6, 6.07) is 3.26. The first-order chi connectivity index (χ1) is 11.5. The Labute approximate surface area is 145 Å². The Balaban J connectivity index is 1.78. The second-order valence-electron chi connectivity index (χ2n) is 6.48. The van der Waals surface area contributed by atoms with Crippen LogP contribution in [-0.2, 0) is 6.54 Å². The Morgan fingerprint density at radius 3 is 3.04 bits per heavy atom. The topological polar surface area (TPSA) is 87.4 Å². The molecular weight excluding hydrogens is 330 g/mol. The van der Waals surface area contributed by atoms with Crippen molar-refractivity contribution in [1.82, 2.24) is 14.9 Å². The molecule has 130 valence electrons. The molecule has 0 saturated carbocycles. The summed E-state index contributed by atoms with van der Waals surface area (Å²) in [7, 11) is 0. The fraction of sp³-hybridized carbons (Fsp3) is 0.529. The van der Waals surface area contributed by atoms with Crippen LogP contribution in [0.2, 0.25) is 5.02 Å². The fourth-order valence-electron chi connectivity index (χ4n) is 3.18. The van der Waals surface area contributed by atoms with Gasteiger partial charge in [0.1, 0.15) is 0 Å². The molecule has 0 bridgehead atoms. The summed E-state index contributed by atoms with van der Waals surface area (Å²) in [6.07, 6.45) is 2.31. The van der Waals surface area contributed by atoms with Crippen molar-refractivity contribution in [2.75, 3.05) is 6.54 Å². The molecule has 1 aliphatic rings. The summed E-state index contributed by atoms with van der Waals surface area (Å²) in [5.74, 6) is 0. The van der Waals surface area contributed by atoms with E-state index in [2.05, 4.69) is 10.3 Å². The molecule has 3 N–H and O–H groups in total. The van der Waals surface area contributed by atoms with E-state index in [4.69, 9.17) is 11.6 Å². The smallest absolute Gasteiger partial charge is 0.261 e. The van der Waals surface area contributed by atoms with Gasteiger partial charge in [0, 0.05) is 11.1 Å². The van der Waals surface area contributed by atoms with Crippen molar-refractivity contribution in [1.29, 1.82) is 0 Å². The Kier molecular flexibility index (Phi) is 5.20. The van der Waals surface area contributed by atoms with Crippen LogP contribution in [0.4, 0.5) is 0 Å². The molecule has 0 aliphatic carbocycles. The predicted molar refractivity (Wildman–Crippen MR) is 93.4 cm³/mol. The normalized spacial score (nSPS) is 22.7. The molecule has 3 atom stereocenters. The monoisotopic (exact) mass is 351 g/mol. The molecule has 1 aromatic carbocycles. The van der Waals surface area contributed by atoms with E-state index in [1.807, 2.05) is 6.92 Å². The number of halogens is 1. The van der Waals surface area contributed by atoms with Gasteiger partial charge in [-0.15, -0.1) is 0 Å². The van der Waals surface area contributed by atoms with Crippen molar-refractivity contribution >= 4 is 22.5 Å². The number of aryl methyl sites for hydroxylation is 1. The van der Waals surface area contributed by atoms with Gasteiger partial charge in [0.15, 0.2) is 0 Å². The number of hydrogen-bond acceptors (Lipinski definition) is 5. The number of benzene rings is 1. The first-order valence-corrected chi connectivity index (χ1v) is 8.58. The minimum atomic E-state index is -0.742. The predicted octanol–water partition coefficient (Wildman–Crippen LogP) is 1.22. The first-order valence-electron chi connectivity index (χ1n) is 8.20. The number of nitrogens with zero attached hydrogens (tertiary/aromatic N) is 2. The lowest BCUT2D eigenvalue weighted by atomic mass is 9.96. The maximum absolute atomic E-state index is 12.6. The molecule has 0 unspecified atom stereocenters. The minimum Gasteiger partial charge on any atom is -0.392 e. The van der Waals surface area contributed by atoms with E-state index >= 15 is 0 Å². The van der Waals surface area contributed by atoms with Gasteiger partial charge >= 0.3 is 0 Å². The molecule has 0 amide bonds. The number of rotatable bonds is 4. The first kappa shape index (κ1) is 17.4. The summed E-state index contributed by atoms with van der Waals surface area (Å²) < 4.78 is 1.40. The van der Waals surface area contributed by atoms with Gasteiger partial charge < -0.3 is 15.5 Å². The van der Waals surface area contributed by atoms with Crippen molar-refractivity contribution in [3.05, 3.63) is 39.4 Å². The van der Waals surface area contributed by atoms with Crippen LogP contribution in [0.3, 0.4) is 0 Å². The number of piperidine rings is 1. The van der Waals surface area contributed by atoms with Crippen LogP contribution < -0.4 is 10.9 Å². The highest BCUT2D eigenvalue weighted by Crippen LogP contribution is 2.20. The molecule has 2 heterocycles. The number of aliphatic hydroxyl groups is 2. The zero-order valence-corrected chi connectivity index (χ0v) is 14.3. The van der Waals surface area contributed by atoms with Crippen molar-refractivity contribution in [3.8, 4) is 0 Å². The summed E-state index contributed by atoms with van der Waals surface area (Å²) in [6.45, 7) is 2.84. The summed E-state index contributed by atoms with van der Waals surface area (Å²) in [5.41, 5.74) is 1.24. The highest BCUT2D eigenvalue weighted by molar-refractivity contribution is 6.32. The fourth-order valence-corrected chi connectivity index (χ4v) is 3.35. The lowest BCUT2D eigenvalue weighted by Crippen LogP contribution is -2.47. The van der Waals surface area contributed by atoms with Crippen molar-refractivity contribution in [2.45, 2.75) is 51.0 Å². The minimum absolute atomic E-state index is 0.137. The zero-order chi connectivity index (χ0) is 17.3. The van der Waals surface area contributed by atoms with Gasteiger partial charge in [-0.05, 0) is 50.4 Å². The van der Waals surface area contributed by atoms with Gasteiger partial charge in [-0.2, -0.15) is 0 Å². The molecule has 3 rings (SSSR count). The summed E-state index contributed by atoms with van der Waals surface area (Å²) in [5, 5.41) is 24.4. The lowest BCUT2D eigenvalue weighted by Gasteiger charge is -2.30. The van der Waals surface area contributed by atoms with Crippen molar-refractivity contribution in [3.63, 3.8) is 0 Å². The van der Waals surface area contributed by atoms with Crippen LogP contribution in [0.5, 0.6) is 0 Å². The van der Waals surface area contributed by atoms with Crippen LogP contribution >= 0.6 is 11.6 Å². The second kappa shape index (κ2) is 7.19. The van der Waals surface area contributed by atoms with E-state index < -0.39 is 12.2 Å². The molecule has 2 aromatic rings. The third kappa shape index (κ3) is 3.62. The second-order valence-corrected chi connectivity index (χ2v) is 6.89. The number of aliphatic hydroxyl groups excluding tert-OH is 2. The highest BCUT2D eigenvalue weighted by atomic mass is 35.5. The zero-order valence-electron chi connectivity index (χ0n) is 13.6. The Morgan fingerprint density at radius 1 is 1.50 bits per heavy atom. The number of nitrogens with one attached hydrogen (secondary N) is 1. The SMILES string of the molecule is Cc1cc2ncn(C[C@@H](O)C[C@H]3NCCC[C@@H]3O)c(=O)c2cc1Cl. The van der Waals surface area contributed by atoms with Gasteiger partial charge in [-0.3, -0.25) is 9.36 Å². The van der Waals surface area contributed by atoms with Gasteiger partial charge in [-0.1, -0.05) is 11.6 Å². The van der Waals surface area contributed by atoms with Crippen LogP contribution in [0.15, 0.2) is 23.3 Å². The quantitative estimate of drug-likeness (QED) is 0.771. The van der Waals surface area contributed by atoms with E-state index in [0.29, 0.717) is 22.3 Å². The molecular formula is C17H22ClN3O3. The van der Waals surface area contributed by atoms with Crippen LogP contribution in [0.1, 0.15) is 24.8 Å². The molecule has 1 fully saturated rings. The Bertz CT molecular complexity index is 792. The molecule has 0 radical (unpaired) electrons. The maximum Gasteiger partial charge on any atom is 0.261 e. The number of fused-ring (bicyclic) bond motifs is 1. The lowest BCUT2D eigenvalue weighted by molar-refractivity contribution is 0.0539. The molecule has 1 saturated heterocycles. The third-order valence-corrected chi connectivity index (χ3v) is 4.99. The maximum atomic E-state index is 12.6. The van der Waals surface area contributed by atoms with E-state index in [-0.39, 0.29) is 18.1 Å². The van der Waals surface area contributed by atoms with Gasteiger partial charge in [0.25, 0.3) is 5.56 Å². The van der Waals surface area contributed by atoms with E-state index in [9.17, 15) is 15.0 Å². The Hall–Kier alpha value is -1.47. The summed E-state index contributed by atoms with van der Waals surface area (Å²) >= 11 is 6.10. The van der Waals surface area contributed by atoms with Crippen molar-refractivity contribution < 1.29 is 10.2 Å². The largest absolute Gasteiger partial charge is 0.392 e. The highest BCUT2D eigenvalue weighted by Gasteiger charge is 2.25. The molecule has 24 heavy (non-hydrogen) atoms. The standard InChI is InChI=1S/C17H22ClN3O3/c1-10-5-14-12(7-13(10)18)17(24)21(9-20-14)8-11(22)6-15-16(23)3-2-4-19-15/h5,7,9,11,15-16,19,22-23H,2-4,6,8H2,1H3/t11-,15+,16-/m0/s1. The van der Waals surface area contributed by atoms with Gasteiger partial charge in [0.05, 0.1) is 36.0 Å². The number of hydrogen-bond donors (Lipinski definition) is 3. The number of aromatic nitrogens is 2. The van der Waals surface area contributed by atoms with Crippen LogP contribution in [0.25, 0.3) is 10.9 Å².